The molecule has 3 saturated carbocycles. The lowest BCUT2D eigenvalue weighted by atomic mass is 9.36. The smallest absolute Gasteiger partial charge is 0.137 e. The highest BCUT2D eigenvalue weighted by Gasteiger charge is 2.72. The summed E-state index contributed by atoms with van der Waals surface area (Å²) in [6.45, 7) is 7.06. The first-order valence-electron chi connectivity index (χ1n) is 6.54. The predicted octanol–water partition coefficient (Wildman–Crippen LogP) is 3.43. The van der Waals surface area contributed by atoms with Gasteiger partial charge in [-0.2, -0.15) is 0 Å². The summed E-state index contributed by atoms with van der Waals surface area (Å²) in [5.74, 6) is 2.62. The van der Waals surface area contributed by atoms with Gasteiger partial charge in [0.1, 0.15) is 5.78 Å². The molecule has 3 fully saturated rings. The molecule has 0 aliphatic heterocycles. The van der Waals surface area contributed by atoms with Crippen LogP contribution in [0.25, 0.3) is 0 Å². The van der Waals surface area contributed by atoms with Crippen LogP contribution in [0.4, 0.5) is 0 Å². The van der Waals surface area contributed by atoms with E-state index in [0.717, 1.165) is 24.7 Å². The van der Waals surface area contributed by atoms with Crippen molar-refractivity contribution < 1.29 is 4.79 Å². The highest BCUT2D eigenvalue weighted by molar-refractivity contribution is 5.85. The van der Waals surface area contributed by atoms with Crippen LogP contribution in [-0.2, 0) is 4.79 Å². The molecule has 4 atom stereocenters. The minimum Gasteiger partial charge on any atom is -0.299 e. The van der Waals surface area contributed by atoms with Gasteiger partial charge in [0.25, 0.3) is 0 Å². The number of hydrogen-bond acceptors (Lipinski definition) is 1. The number of carbonyl (C=O) groups is 1. The maximum atomic E-state index is 12.2. The molecule has 3 rings (SSSR count). The Morgan fingerprint density at radius 2 is 2.00 bits per heavy atom. The minimum atomic E-state index is 0.308. The standard InChI is InChI=1S/C14H22O/c1-9-6-7-11-13(2,3)12-10(15)5-4-8-14(9,11)12/h9,11-12H,4-8H2,1-3H3/t9-,11+,12+,14-/m0/s1. The van der Waals surface area contributed by atoms with Gasteiger partial charge in [-0.1, -0.05) is 20.8 Å². The number of Topliss-reactive ketones (excluding diaryl/α,β-unsaturated/α-hetero) is 1. The fourth-order valence-electron chi connectivity index (χ4n) is 5.64. The van der Waals surface area contributed by atoms with Crippen LogP contribution < -0.4 is 0 Å². The molecule has 1 heteroatoms. The maximum Gasteiger partial charge on any atom is 0.137 e. The minimum absolute atomic E-state index is 0.308. The Morgan fingerprint density at radius 3 is 2.73 bits per heavy atom. The zero-order chi connectivity index (χ0) is 10.8. The van der Waals surface area contributed by atoms with Crippen molar-refractivity contribution in [2.75, 3.05) is 0 Å². The van der Waals surface area contributed by atoms with Crippen molar-refractivity contribution in [3.05, 3.63) is 0 Å². The first-order valence-corrected chi connectivity index (χ1v) is 6.54. The molecule has 1 nitrogen and oxygen atoms in total. The van der Waals surface area contributed by atoms with E-state index in [0.29, 0.717) is 22.5 Å². The summed E-state index contributed by atoms with van der Waals surface area (Å²) in [5.41, 5.74) is 0.751. The molecule has 15 heavy (non-hydrogen) atoms. The summed E-state index contributed by atoms with van der Waals surface area (Å²) in [5, 5.41) is 0. The van der Waals surface area contributed by atoms with Crippen LogP contribution >= 0.6 is 0 Å². The van der Waals surface area contributed by atoms with Crippen LogP contribution in [0.1, 0.15) is 52.9 Å². The quantitative estimate of drug-likeness (QED) is 0.593. The van der Waals surface area contributed by atoms with Crippen LogP contribution in [0.3, 0.4) is 0 Å². The summed E-state index contributed by atoms with van der Waals surface area (Å²) >= 11 is 0. The van der Waals surface area contributed by atoms with Gasteiger partial charge in [-0.05, 0) is 48.3 Å². The van der Waals surface area contributed by atoms with E-state index in [2.05, 4.69) is 20.8 Å². The van der Waals surface area contributed by atoms with E-state index in [-0.39, 0.29) is 0 Å². The first kappa shape index (κ1) is 9.86. The highest BCUT2D eigenvalue weighted by Crippen LogP contribution is 2.75. The summed E-state index contributed by atoms with van der Waals surface area (Å²) in [6.07, 6.45) is 6.08. The Hall–Kier alpha value is -0.330. The molecule has 0 radical (unpaired) electrons. The third-order valence-corrected chi connectivity index (χ3v) is 5.99. The third-order valence-electron chi connectivity index (χ3n) is 5.99. The summed E-state index contributed by atoms with van der Waals surface area (Å²) < 4.78 is 0. The average molecular weight is 206 g/mol. The van der Waals surface area contributed by atoms with E-state index >= 15 is 0 Å². The van der Waals surface area contributed by atoms with Crippen LogP contribution in [0.15, 0.2) is 0 Å². The van der Waals surface area contributed by atoms with E-state index in [1.807, 2.05) is 0 Å². The SMILES string of the molecule is C[C@H]1CC[C@@H]2C(C)(C)[C@H]3C(=O)CCC[C@]231. The number of rotatable bonds is 0. The molecular weight excluding hydrogens is 184 g/mol. The van der Waals surface area contributed by atoms with E-state index in [9.17, 15) is 4.79 Å². The highest BCUT2D eigenvalue weighted by atomic mass is 16.1. The molecule has 0 aromatic heterocycles. The molecule has 0 aromatic rings. The molecule has 3 aliphatic rings. The van der Waals surface area contributed by atoms with E-state index in [1.165, 1.54) is 19.3 Å². The Morgan fingerprint density at radius 1 is 1.27 bits per heavy atom. The zero-order valence-corrected chi connectivity index (χ0v) is 10.2. The predicted molar refractivity (Wildman–Crippen MR) is 60.5 cm³/mol. The van der Waals surface area contributed by atoms with Crippen LogP contribution in [0.5, 0.6) is 0 Å². The van der Waals surface area contributed by atoms with E-state index in [1.54, 1.807) is 0 Å². The Balaban J connectivity index is 2.05. The fourth-order valence-corrected chi connectivity index (χ4v) is 5.64. The van der Waals surface area contributed by atoms with Crippen LogP contribution in [-0.4, -0.2) is 5.78 Å². The normalized spacial score (nSPS) is 51.9. The lowest BCUT2D eigenvalue weighted by Crippen LogP contribution is -2.65. The van der Waals surface area contributed by atoms with Crippen LogP contribution in [0.2, 0.25) is 0 Å². The summed E-state index contributed by atoms with van der Waals surface area (Å²) in [4.78, 5) is 12.2. The Bertz CT molecular complexity index is 317. The van der Waals surface area contributed by atoms with Gasteiger partial charge in [0.15, 0.2) is 0 Å². The third kappa shape index (κ3) is 0.893. The maximum absolute atomic E-state index is 12.2. The van der Waals surface area contributed by atoms with Crippen molar-refractivity contribution >= 4 is 5.78 Å². The second-order valence-corrected chi connectivity index (χ2v) is 6.72. The van der Waals surface area contributed by atoms with Crippen molar-refractivity contribution in [2.45, 2.75) is 52.9 Å². The lowest BCUT2D eigenvalue weighted by molar-refractivity contribution is -0.202. The van der Waals surface area contributed by atoms with Crippen molar-refractivity contribution in [2.24, 2.45) is 28.6 Å². The monoisotopic (exact) mass is 206 g/mol. The lowest BCUT2D eigenvalue weighted by Gasteiger charge is -2.67. The molecule has 0 N–H and O–H groups in total. The molecule has 1 spiro atoms. The zero-order valence-electron chi connectivity index (χ0n) is 10.2. The van der Waals surface area contributed by atoms with Crippen molar-refractivity contribution in [1.29, 1.82) is 0 Å². The fraction of sp³-hybridized carbons (Fsp3) is 0.929. The van der Waals surface area contributed by atoms with Gasteiger partial charge in [0.2, 0.25) is 0 Å². The van der Waals surface area contributed by atoms with Crippen molar-refractivity contribution in [3.63, 3.8) is 0 Å². The molecular formula is C14H22O. The molecule has 0 amide bonds. The van der Waals surface area contributed by atoms with Gasteiger partial charge in [-0.15, -0.1) is 0 Å². The topological polar surface area (TPSA) is 17.1 Å². The van der Waals surface area contributed by atoms with Gasteiger partial charge in [-0.3, -0.25) is 4.79 Å². The van der Waals surface area contributed by atoms with Crippen molar-refractivity contribution in [1.82, 2.24) is 0 Å². The molecule has 0 heterocycles. The largest absolute Gasteiger partial charge is 0.299 e. The van der Waals surface area contributed by atoms with E-state index in [4.69, 9.17) is 0 Å². The van der Waals surface area contributed by atoms with Gasteiger partial charge in [0, 0.05) is 12.3 Å². The van der Waals surface area contributed by atoms with Gasteiger partial charge >= 0.3 is 0 Å². The number of carbonyl (C=O) groups excluding carboxylic acids is 1. The number of ketones is 1. The molecule has 0 saturated heterocycles. The number of hydrogen-bond donors (Lipinski definition) is 0. The Labute approximate surface area is 92.6 Å². The van der Waals surface area contributed by atoms with Crippen LogP contribution in [0, 0.1) is 28.6 Å². The summed E-state index contributed by atoms with van der Waals surface area (Å²) in [6, 6.07) is 0. The van der Waals surface area contributed by atoms with Gasteiger partial charge < -0.3 is 0 Å². The Kier molecular flexibility index (Phi) is 1.76. The summed E-state index contributed by atoms with van der Waals surface area (Å²) in [7, 11) is 0. The molecule has 0 aromatic carbocycles. The van der Waals surface area contributed by atoms with Crippen molar-refractivity contribution in [3.8, 4) is 0 Å². The molecule has 0 bridgehead atoms. The second kappa shape index (κ2) is 2.67. The van der Waals surface area contributed by atoms with Gasteiger partial charge in [-0.25, -0.2) is 0 Å². The average Bonchev–Trinajstić information content (AvgIpc) is 2.41. The molecule has 84 valence electrons. The van der Waals surface area contributed by atoms with E-state index < -0.39 is 0 Å². The second-order valence-electron chi connectivity index (χ2n) is 6.72. The first-order chi connectivity index (χ1) is 7.01. The molecule has 3 aliphatic carbocycles. The molecule has 0 unspecified atom stereocenters. The van der Waals surface area contributed by atoms with Gasteiger partial charge in [0.05, 0.1) is 0 Å².